The van der Waals surface area contributed by atoms with Gasteiger partial charge in [-0.1, -0.05) is 25.5 Å². The predicted molar refractivity (Wildman–Crippen MR) is 81.4 cm³/mol. The first kappa shape index (κ1) is 14.1. The van der Waals surface area contributed by atoms with Crippen LogP contribution in [0.2, 0.25) is 0 Å². The molecule has 0 spiro atoms. The van der Waals surface area contributed by atoms with Crippen LogP contribution in [-0.4, -0.2) is 36.5 Å². The highest BCUT2D eigenvalue weighted by Gasteiger charge is 2.41. The van der Waals surface area contributed by atoms with E-state index < -0.39 is 0 Å². The maximum absolute atomic E-state index is 12.9. The van der Waals surface area contributed by atoms with Gasteiger partial charge in [-0.25, -0.2) is 0 Å². The van der Waals surface area contributed by atoms with Crippen molar-refractivity contribution in [3.8, 4) is 0 Å². The predicted octanol–water partition coefficient (Wildman–Crippen LogP) is 2.58. The van der Waals surface area contributed by atoms with Crippen molar-refractivity contribution in [3.63, 3.8) is 0 Å². The van der Waals surface area contributed by atoms with E-state index in [0.717, 1.165) is 32.5 Å². The molecule has 1 N–H and O–H groups in total. The van der Waals surface area contributed by atoms with Gasteiger partial charge in [0, 0.05) is 25.0 Å². The number of hydrogen-bond acceptors (Lipinski definition) is 2. The summed E-state index contributed by atoms with van der Waals surface area (Å²) in [4.78, 5) is 15.0. The number of hydrogen-bond donors (Lipinski definition) is 1. The van der Waals surface area contributed by atoms with E-state index in [9.17, 15) is 4.79 Å². The lowest BCUT2D eigenvalue weighted by atomic mass is 9.91. The van der Waals surface area contributed by atoms with Crippen LogP contribution < -0.4 is 5.32 Å². The molecule has 1 saturated carbocycles. The molecule has 2 fully saturated rings. The average Bonchev–Trinajstić information content (AvgIpc) is 3.10. The minimum atomic E-state index is 0.278. The molecule has 3 aliphatic rings. The molecule has 112 valence electrons. The molecule has 1 amide bonds. The number of carbonyl (C=O) groups is 1. The average molecular weight is 276 g/mol. The highest BCUT2D eigenvalue weighted by atomic mass is 16.2. The Morgan fingerprint density at radius 2 is 2.20 bits per heavy atom. The van der Waals surface area contributed by atoms with E-state index in [1.807, 2.05) is 0 Å². The van der Waals surface area contributed by atoms with Crippen molar-refractivity contribution in [2.45, 2.75) is 51.5 Å². The molecule has 4 unspecified atom stereocenters. The minimum absolute atomic E-state index is 0.278. The van der Waals surface area contributed by atoms with Crippen molar-refractivity contribution >= 4 is 5.91 Å². The number of nitrogens with zero attached hydrogens (tertiary/aromatic N) is 1. The third kappa shape index (κ3) is 2.93. The van der Waals surface area contributed by atoms with E-state index in [-0.39, 0.29) is 5.92 Å². The van der Waals surface area contributed by atoms with Crippen LogP contribution in [0.1, 0.15) is 45.4 Å². The lowest BCUT2D eigenvalue weighted by Gasteiger charge is -2.33. The molecule has 0 aromatic rings. The Morgan fingerprint density at radius 3 is 2.80 bits per heavy atom. The Hall–Kier alpha value is -0.830. The first-order valence-electron chi connectivity index (χ1n) is 8.48. The Labute approximate surface area is 122 Å². The normalized spacial score (nSPS) is 35.5. The van der Waals surface area contributed by atoms with Gasteiger partial charge in [-0.2, -0.15) is 0 Å². The Morgan fingerprint density at radius 1 is 1.30 bits per heavy atom. The molecule has 0 aromatic heterocycles. The van der Waals surface area contributed by atoms with E-state index in [2.05, 4.69) is 29.3 Å². The van der Waals surface area contributed by atoms with Crippen LogP contribution in [0.4, 0.5) is 0 Å². The molecular weight excluding hydrogens is 248 g/mol. The van der Waals surface area contributed by atoms with Gasteiger partial charge in [-0.3, -0.25) is 4.79 Å². The number of amides is 1. The van der Waals surface area contributed by atoms with Gasteiger partial charge in [0.15, 0.2) is 0 Å². The van der Waals surface area contributed by atoms with Crippen molar-refractivity contribution in [1.29, 1.82) is 0 Å². The van der Waals surface area contributed by atoms with Gasteiger partial charge in [0.1, 0.15) is 0 Å². The molecule has 2 bridgehead atoms. The number of carbonyl (C=O) groups excluding carboxylic acids is 1. The molecular formula is C17H28N2O. The Balaban J connectivity index is 1.60. The van der Waals surface area contributed by atoms with Gasteiger partial charge < -0.3 is 10.2 Å². The van der Waals surface area contributed by atoms with Gasteiger partial charge in [0.05, 0.1) is 0 Å². The van der Waals surface area contributed by atoms with E-state index in [0.29, 0.717) is 23.8 Å². The zero-order valence-electron chi connectivity index (χ0n) is 12.7. The number of fused-ring (bicyclic) bond motifs is 2. The summed E-state index contributed by atoms with van der Waals surface area (Å²) < 4.78 is 0. The molecule has 3 rings (SSSR count). The smallest absolute Gasteiger partial charge is 0.226 e. The lowest BCUT2D eigenvalue weighted by molar-refractivity contribution is -0.136. The topological polar surface area (TPSA) is 32.3 Å². The summed E-state index contributed by atoms with van der Waals surface area (Å²) in [5.74, 6) is 1.92. The van der Waals surface area contributed by atoms with Gasteiger partial charge in [0.25, 0.3) is 0 Å². The van der Waals surface area contributed by atoms with Crippen LogP contribution in [0.3, 0.4) is 0 Å². The van der Waals surface area contributed by atoms with E-state index in [1.54, 1.807) is 0 Å². The summed E-state index contributed by atoms with van der Waals surface area (Å²) in [6.45, 7) is 5.14. The molecule has 1 heterocycles. The molecule has 0 aromatic carbocycles. The summed E-state index contributed by atoms with van der Waals surface area (Å²) in [6, 6.07) is 0.522. The van der Waals surface area contributed by atoms with Gasteiger partial charge in [-0.15, -0.1) is 0 Å². The molecule has 20 heavy (non-hydrogen) atoms. The van der Waals surface area contributed by atoms with Crippen molar-refractivity contribution in [2.24, 2.45) is 17.8 Å². The fourth-order valence-corrected chi connectivity index (χ4v) is 4.21. The van der Waals surface area contributed by atoms with Crippen LogP contribution in [0.25, 0.3) is 0 Å². The minimum Gasteiger partial charge on any atom is -0.341 e. The van der Waals surface area contributed by atoms with Crippen molar-refractivity contribution in [1.82, 2.24) is 10.2 Å². The lowest BCUT2D eigenvalue weighted by Crippen LogP contribution is -2.48. The van der Waals surface area contributed by atoms with Crippen molar-refractivity contribution in [2.75, 3.05) is 19.6 Å². The molecule has 2 aliphatic carbocycles. The number of piperidine rings is 1. The third-order valence-electron chi connectivity index (χ3n) is 5.25. The second kappa shape index (κ2) is 6.30. The number of allylic oxidation sites excluding steroid dienone is 2. The molecule has 4 atom stereocenters. The summed E-state index contributed by atoms with van der Waals surface area (Å²) in [5.41, 5.74) is 0. The summed E-state index contributed by atoms with van der Waals surface area (Å²) in [6.07, 6.45) is 11.8. The fraction of sp³-hybridized carbons (Fsp3) is 0.824. The first-order chi connectivity index (χ1) is 9.78. The van der Waals surface area contributed by atoms with E-state index in [1.165, 1.54) is 25.7 Å². The standard InChI is InChI=1S/C17H28N2O/c1-2-9-19(12-15-5-3-4-8-18-15)17(20)16-11-13-6-7-14(16)10-13/h6-7,13-16,18H,2-5,8-12H2,1H3. The zero-order valence-corrected chi connectivity index (χ0v) is 12.7. The van der Waals surface area contributed by atoms with Crippen LogP contribution in [0.15, 0.2) is 12.2 Å². The van der Waals surface area contributed by atoms with Gasteiger partial charge >= 0.3 is 0 Å². The molecule has 0 radical (unpaired) electrons. The van der Waals surface area contributed by atoms with Gasteiger partial charge in [-0.05, 0) is 50.5 Å². The summed E-state index contributed by atoms with van der Waals surface area (Å²) >= 11 is 0. The van der Waals surface area contributed by atoms with Gasteiger partial charge in [0.2, 0.25) is 5.91 Å². The third-order valence-corrected chi connectivity index (χ3v) is 5.25. The first-order valence-corrected chi connectivity index (χ1v) is 8.48. The number of nitrogens with one attached hydrogen (secondary N) is 1. The van der Waals surface area contributed by atoms with E-state index in [4.69, 9.17) is 0 Å². The molecule has 3 nitrogen and oxygen atoms in total. The fourth-order valence-electron chi connectivity index (χ4n) is 4.21. The van der Waals surface area contributed by atoms with Crippen LogP contribution >= 0.6 is 0 Å². The maximum Gasteiger partial charge on any atom is 0.226 e. The Bertz CT molecular complexity index is 373. The largest absolute Gasteiger partial charge is 0.341 e. The quantitative estimate of drug-likeness (QED) is 0.783. The van der Waals surface area contributed by atoms with Crippen LogP contribution in [0.5, 0.6) is 0 Å². The summed E-state index contributed by atoms with van der Waals surface area (Å²) in [5, 5.41) is 3.58. The monoisotopic (exact) mass is 276 g/mol. The second-order valence-corrected chi connectivity index (χ2v) is 6.82. The summed E-state index contributed by atoms with van der Waals surface area (Å²) in [7, 11) is 0. The molecule has 1 saturated heterocycles. The second-order valence-electron chi connectivity index (χ2n) is 6.82. The van der Waals surface area contributed by atoms with Crippen LogP contribution in [0, 0.1) is 17.8 Å². The maximum atomic E-state index is 12.9. The van der Waals surface area contributed by atoms with E-state index >= 15 is 0 Å². The molecule has 1 aliphatic heterocycles. The van der Waals surface area contributed by atoms with Crippen molar-refractivity contribution in [3.05, 3.63) is 12.2 Å². The number of rotatable bonds is 5. The highest BCUT2D eigenvalue weighted by Crippen LogP contribution is 2.44. The van der Waals surface area contributed by atoms with Crippen LogP contribution in [-0.2, 0) is 4.79 Å². The highest BCUT2D eigenvalue weighted by molar-refractivity contribution is 5.80. The molecule has 3 heteroatoms. The SMILES string of the molecule is CCCN(CC1CCCCN1)C(=O)C1CC2C=CC1C2. The zero-order chi connectivity index (χ0) is 13.9. The Kier molecular flexibility index (Phi) is 4.45. The van der Waals surface area contributed by atoms with Crippen molar-refractivity contribution < 1.29 is 4.79 Å².